The summed E-state index contributed by atoms with van der Waals surface area (Å²) in [5.74, 6) is -0.656. The Kier molecular flexibility index (Phi) is 5.12. The van der Waals surface area contributed by atoms with E-state index in [1.165, 1.54) is 26.0 Å². The molecule has 1 amide bonds. The second-order valence-electron chi connectivity index (χ2n) is 5.12. The fourth-order valence-electron chi connectivity index (χ4n) is 2.01. The van der Waals surface area contributed by atoms with Crippen molar-refractivity contribution < 1.29 is 17.6 Å². The van der Waals surface area contributed by atoms with E-state index in [1.807, 2.05) is 0 Å². The molecule has 0 aliphatic rings. The van der Waals surface area contributed by atoms with Gasteiger partial charge in [-0.05, 0) is 48.4 Å². The third kappa shape index (κ3) is 4.61. The molecule has 0 atom stereocenters. The van der Waals surface area contributed by atoms with Gasteiger partial charge in [-0.2, -0.15) is 0 Å². The van der Waals surface area contributed by atoms with Gasteiger partial charge >= 0.3 is 0 Å². The van der Waals surface area contributed by atoms with E-state index in [0.29, 0.717) is 11.3 Å². The maximum absolute atomic E-state index is 13.2. The van der Waals surface area contributed by atoms with E-state index in [9.17, 15) is 17.6 Å². The highest BCUT2D eigenvalue weighted by atomic mass is 32.2. The highest BCUT2D eigenvalue weighted by Crippen LogP contribution is 2.15. The zero-order valence-corrected chi connectivity index (χ0v) is 13.6. The maximum Gasteiger partial charge on any atom is 0.240 e. The summed E-state index contributed by atoms with van der Waals surface area (Å²) in [6.07, 6.45) is 0. The van der Waals surface area contributed by atoms with Crippen LogP contribution in [0.15, 0.2) is 47.4 Å². The first kappa shape index (κ1) is 17.1. The molecule has 5 nitrogen and oxygen atoms in total. The summed E-state index contributed by atoms with van der Waals surface area (Å²) < 4.78 is 40.1. The molecule has 2 aromatic rings. The molecule has 0 spiro atoms. The van der Waals surface area contributed by atoms with Crippen molar-refractivity contribution in [1.82, 2.24) is 4.72 Å². The average Bonchev–Trinajstić information content (AvgIpc) is 2.48. The van der Waals surface area contributed by atoms with Crippen molar-refractivity contribution in [3.63, 3.8) is 0 Å². The lowest BCUT2D eigenvalue weighted by atomic mass is 10.2. The Labute approximate surface area is 134 Å². The maximum atomic E-state index is 13.2. The number of amides is 1. The van der Waals surface area contributed by atoms with Crippen LogP contribution >= 0.6 is 0 Å². The third-order valence-electron chi connectivity index (χ3n) is 3.15. The van der Waals surface area contributed by atoms with Crippen LogP contribution in [-0.2, 0) is 21.4 Å². The van der Waals surface area contributed by atoms with Crippen molar-refractivity contribution in [1.29, 1.82) is 0 Å². The molecule has 0 bridgehead atoms. The van der Waals surface area contributed by atoms with E-state index in [2.05, 4.69) is 10.0 Å². The molecule has 122 valence electrons. The summed E-state index contributed by atoms with van der Waals surface area (Å²) in [5.41, 5.74) is 1.55. The van der Waals surface area contributed by atoms with Gasteiger partial charge in [0.05, 0.1) is 4.90 Å². The zero-order valence-electron chi connectivity index (χ0n) is 12.8. The van der Waals surface area contributed by atoms with Gasteiger partial charge in [-0.25, -0.2) is 17.5 Å². The number of carbonyl (C=O) groups excluding carboxylic acids is 1. The van der Waals surface area contributed by atoms with Crippen molar-refractivity contribution in [2.45, 2.75) is 25.3 Å². The van der Waals surface area contributed by atoms with Gasteiger partial charge in [-0.15, -0.1) is 0 Å². The SMILES string of the molecule is CC(=O)Nc1cccc(CNS(=O)(=O)c2ccc(F)c(C)c2)c1. The Morgan fingerprint density at radius 2 is 1.91 bits per heavy atom. The van der Waals surface area contributed by atoms with Gasteiger partial charge < -0.3 is 5.32 Å². The van der Waals surface area contributed by atoms with Gasteiger partial charge in [-0.1, -0.05) is 12.1 Å². The molecule has 23 heavy (non-hydrogen) atoms. The molecule has 2 rings (SSSR count). The molecule has 0 aliphatic carbocycles. The van der Waals surface area contributed by atoms with Crippen LogP contribution in [0, 0.1) is 12.7 Å². The topological polar surface area (TPSA) is 75.3 Å². The Morgan fingerprint density at radius 1 is 1.17 bits per heavy atom. The van der Waals surface area contributed by atoms with Gasteiger partial charge in [0, 0.05) is 19.2 Å². The predicted molar refractivity (Wildman–Crippen MR) is 85.9 cm³/mol. The van der Waals surface area contributed by atoms with Crippen LogP contribution in [0.3, 0.4) is 0 Å². The van der Waals surface area contributed by atoms with E-state index in [0.717, 1.165) is 6.07 Å². The summed E-state index contributed by atoms with van der Waals surface area (Å²) >= 11 is 0. The molecule has 2 N–H and O–H groups in total. The number of aryl methyl sites for hydroxylation is 1. The van der Waals surface area contributed by atoms with Crippen molar-refractivity contribution in [3.05, 3.63) is 59.4 Å². The number of hydrogen-bond acceptors (Lipinski definition) is 3. The summed E-state index contributed by atoms with van der Waals surface area (Å²) in [7, 11) is -3.74. The van der Waals surface area contributed by atoms with E-state index in [4.69, 9.17) is 0 Å². The monoisotopic (exact) mass is 336 g/mol. The van der Waals surface area contributed by atoms with Crippen LogP contribution in [0.5, 0.6) is 0 Å². The molecule has 0 heterocycles. The lowest BCUT2D eigenvalue weighted by Crippen LogP contribution is -2.23. The molecular formula is C16H17FN2O3S. The molecule has 0 aliphatic heterocycles. The molecular weight excluding hydrogens is 319 g/mol. The number of hydrogen-bond donors (Lipinski definition) is 2. The van der Waals surface area contributed by atoms with Crippen molar-refractivity contribution in [2.24, 2.45) is 0 Å². The lowest BCUT2D eigenvalue weighted by molar-refractivity contribution is -0.114. The van der Waals surface area contributed by atoms with Crippen LogP contribution in [0.25, 0.3) is 0 Å². The third-order valence-corrected chi connectivity index (χ3v) is 4.55. The number of benzene rings is 2. The number of halogens is 1. The quantitative estimate of drug-likeness (QED) is 0.881. The highest BCUT2D eigenvalue weighted by Gasteiger charge is 2.15. The van der Waals surface area contributed by atoms with Crippen LogP contribution in [0.2, 0.25) is 0 Å². The van der Waals surface area contributed by atoms with Crippen LogP contribution < -0.4 is 10.0 Å². The highest BCUT2D eigenvalue weighted by molar-refractivity contribution is 7.89. The fraction of sp³-hybridized carbons (Fsp3) is 0.188. The van der Waals surface area contributed by atoms with E-state index >= 15 is 0 Å². The second-order valence-corrected chi connectivity index (χ2v) is 6.88. The molecule has 0 saturated carbocycles. The van der Waals surface area contributed by atoms with Crippen LogP contribution in [0.1, 0.15) is 18.1 Å². The Balaban J connectivity index is 2.13. The summed E-state index contributed by atoms with van der Waals surface area (Å²) in [6.45, 7) is 2.96. The summed E-state index contributed by atoms with van der Waals surface area (Å²) in [5, 5.41) is 2.63. The Morgan fingerprint density at radius 3 is 2.57 bits per heavy atom. The molecule has 7 heteroatoms. The summed E-state index contributed by atoms with van der Waals surface area (Å²) in [6, 6.07) is 10.5. The number of nitrogens with one attached hydrogen (secondary N) is 2. The first-order valence-corrected chi connectivity index (χ1v) is 8.38. The zero-order chi connectivity index (χ0) is 17.0. The standard InChI is InChI=1S/C16H17FN2O3S/c1-11-8-15(6-7-16(11)17)23(21,22)18-10-13-4-3-5-14(9-13)19-12(2)20/h3-9,18H,10H2,1-2H3,(H,19,20). The van der Waals surface area contributed by atoms with Crippen LogP contribution in [0.4, 0.5) is 10.1 Å². The lowest BCUT2D eigenvalue weighted by Gasteiger charge is -2.09. The number of sulfonamides is 1. The molecule has 0 saturated heterocycles. The van der Waals surface area contributed by atoms with Gasteiger partial charge in [0.1, 0.15) is 5.82 Å². The van der Waals surface area contributed by atoms with E-state index in [1.54, 1.807) is 24.3 Å². The van der Waals surface area contributed by atoms with Gasteiger partial charge in [0.25, 0.3) is 0 Å². The Bertz CT molecular complexity index is 835. The number of rotatable bonds is 5. The van der Waals surface area contributed by atoms with Gasteiger partial charge in [-0.3, -0.25) is 4.79 Å². The van der Waals surface area contributed by atoms with Gasteiger partial charge in [0.15, 0.2) is 0 Å². The molecule has 0 aromatic heterocycles. The molecule has 0 radical (unpaired) electrons. The minimum Gasteiger partial charge on any atom is -0.326 e. The Hall–Kier alpha value is -2.25. The van der Waals surface area contributed by atoms with E-state index in [-0.39, 0.29) is 22.9 Å². The van der Waals surface area contributed by atoms with Crippen molar-refractivity contribution >= 4 is 21.6 Å². The summed E-state index contributed by atoms with van der Waals surface area (Å²) in [4.78, 5) is 11.0. The largest absolute Gasteiger partial charge is 0.326 e. The average molecular weight is 336 g/mol. The normalized spacial score (nSPS) is 11.3. The van der Waals surface area contributed by atoms with Gasteiger partial charge in [0.2, 0.25) is 15.9 Å². The second kappa shape index (κ2) is 6.89. The number of anilines is 1. The minimum atomic E-state index is -3.74. The predicted octanol–water partition coefficient (Wildman–Crippen LogP) is 2.57. The first-order chi connectivity index (χ1) is 10.8. The fourth-order valence-corrected chi connectivity index (χ4v) is 3.11. The smallest absolute Gasteiger partial charge is 0.240 e. The van der Waals surface area contributed by atoms with Crippen LogP contribution in [-0.4, -0.2) is 14.3 Å². The first-order valence-electron chi connectivity index (χ1n) is 6.90. The van der Waals surface area contributed by atoms with E-state index < -0.39 is 15.8 Å². The number of carbonyl (C=O) groups is 1. The molecule has 2 aromatic carbocycles. The van der Waals surface area contributed by atoms with Crippen molar-refractivity contribution in [2.75, 3.05) is 5.32 Å². The molecule has 0 fully saturated rings. The minimum absolute atomic E-state index is 0.00872. The van der Waals surface area contributed by atoms with Crippen molar-refractivity contribution in [3.8, 4) is 0 Å². The molecule has 0 unspecified atom stereocenters.